The summed E-state index contributed by atoms with van der Waals surface area (Å²) in [5, 5.41) is 6.93. The first kappa shape index (κ1) is 38.8. The minimum atomic E-state index is 1.06. The molecule has 0 atom stereocenters. The van der Waals surface area contributed by atoms with Crippen molar-refractivity contribution in [2.75, 3.05) is 14.7 Å². The molecule has 12 rings (SSSR count). The highest BCUT2D eigenvalue weighted by molar-refractivity contribution is 6.24. The first-order chi connectivity index (χ1) is 32.8. The van der Waals surface area contributed by atoms with E-state index in [1.165, 1.54) is 16.3 Å². The largest absolute Gasteiger partial charge is 0.310 e. The van der Waals surface area contributed by atoms with Gasteiger partial charge in [0.2, 0.25) is 0 Å². The third-order valence-corrected chi connectivity index (χ3v) is 12.7. The van der Waals surface area contributed by atoms with Crippen LogP contribution in [0, 0.1) is 0 Å². The predicted molar refractivity (Wildman–Crippen MR) is 280 cm³/mol. The lowest BCUT2D eigenvalue weighted by atomic mass is 9.94. The van der Waals surface area contributed by atoms with Crippen molar-refractivity contribution in [1.29, 1.82) is 0 Å². The SMILES string of the molecule is c1ccc(N(c2ccccc2)c2ccc3c(N(c4ccccc4)c4ccc5c(c4)c4ccccc4n5-c4ccccc4)c4ccccc4c(N(c4ccccc4)c4ccccc4)c3c2)cc1. The highest BCUT2D eigenvalue weighted by atomic mass is 15.2. The van der Waals surface area contributed by atoms with Crippen LogP contribution in [-0.4, -0.2) is 4.57 Å². The lowest BCUT2D eigenvalue weighted by molar-refractivity contribution is 1.18. The van der Waals surface area contributed by atoms with E-state index in [-0.39, 0.29) is 0 Å². The molecule has 66 heavy (non-hydrogen) atoms. The molecule has 1 aromatic heterocycles. The summed E-state index contributed by atoms with van der Waals surface area (Å²) < 4.78 is 2.38. The van der Waals surface area contributed by atoms with Gasteiger partial charge in [-0.3, -0.25) is 0 Å². The van der Waals surface area contributed by atoms with Crippen molar-refractivity contribution in [2.45, 2.75) is 0 Å². The second kappa shape index (κ2) is 16.7. The Morgan fingerprint density at radius 2 is 0.545 bits per heavy atom. The van der Waals surface area contributed by atoms with Gasteiger partial charge in [0.05, 0.1) is 22.4 Å². The monoisotopic (exact) mass is 844 g/mol. The second-order valence-corrected chi connectivity index (χ2v) is 16.5. The zero-order valence-electron chi connectivity index (χ0n) is 36.2. The Balaban J connectivity index is 1.20. The zero-order chi connectivity index (χ0) is 43.8. The van der Waals surface area contributed by atoms with Gasteiger partial charge in [-0.2, -0.15) is 0 Å². The van der Waals surface area contributed by atoms with Crippen molar-refractivity contribution in [3.8, 4) is 5.69 Å². The molecule has 4 heteroatoms. The van der Waals surface area contributed by atoms with Crippen molar-refractivity contribution in [1.82, 2.24) is 4.57 Å². The summed E-state index contributed by atoms with van der Waals surface area (Å²) in [6.07, 6.45) is 0. The zero-order valence-corrected chi connectivity index (χ0v) is 36.2. The van der Waals surface area contributed by atoms with Crippen LogP contribution in [0.25, 0.3) is 49.0 Å². The third kappa shape index (κ3) is 6.72. The van der Waals surface area contributed by atoms with Gasteiger partial charge in [0.15, 0.2) is 0 Å². The van der Waals surface area contributed by atoms with Gasteiger partial charge >= 0.3 is 0 Å². The van der Waals surface area contributed by atoms with Crippen molar-refractivity contribution < 1.29 is 0 Å². The minimum Gasteiger partial charge on any atom is -0.310 e. The molecular weight excluding hydrogens is 801 g/mol. The number of nitrogens with zero attached hydrogens (tertiary/aromatic N) is 4. The molecule has 312 valence electrons. The first-order valence-electron chi connectivity index (χ1n) is 22.5. The lowest BCUT2D eigenvalue weighted by Gasteiger charge is -2.33. The molecule has 0 saturated heterocycles. The molecular formula is C62H44N4. The molecule has 0 fully saturated rings. The fraction of sp³-hybridized carbons (Fsp3) is 0. The van der Waals surface area contributed by atoms with Gasteiger partial charge in [0.25, 0.3) is 0 Å². The molecule has 11 aromatic carbocycles. The lowest BCUT2D eigenvalue weighted by Crippen LogP contribution is -2.15. The highest BCUT2D eigenvalue weighted by Crippen LogP contribution is 2.53. The molecule has 0 bridgehead atoms. The van der Waals surface area contributed by atoms with Crippen LogP contribution in [-0.2, 0) is 0 Å². The summed E-state index contributed by atoms with van der Waals surface area (Å²) in [4.78, 5) is 7.27. The number of rotatable bonds is 10. The molecule has 0 spiro atoms. The van der Waals surface area contributed by atoms with Crippen LogP contribution < -0.4 is 14.7 Å². The van der Waals surface area contributed by atoms with Gasteiger partial charge in [-0.15, -0.1) is 0 Å². The molecule has 0 aliphatic rings. The maximum Gasteiger partial charge on any atom is 0.0620 e. The number of para-hydroxylation sites is 7. The van der Waals surface area contributed by atoms with E-state index in [9.17, 15) is 0 Å². The molecule has 0 aliphatic heterocycles. The Morgan fingerprint density at radius 3 is 1.06 bits per heavy atom. The van der Waals surface area contributed by atoms with Crippen LogP contribution in [0.3, 0.4) is 0 Å². The van der Waals surface area contributed by atoms with Gasteiger partial charge in [0.1, 0.15) is 0 Å². The number of benzene rings is 11. The summed E-state index contributed by atoms with van der Waals surface area (Å²) in [6, 6.07) is 96.2. The van der Waals surface area contributed by atoms with E-state index < -0.39 is 0 Å². The number of aromatic nitrogens is 1. The number of anilines is 9. The Kier molecular flexibility index (Phi) is 9.81. The fourth-order valence-corrected chi connectivity index (χ4v) is 9.84. The van der Waals surface area contributed by atoms with Gasteiger partial charge < -0.3 is 19.3 Å². The van der Waals surface area contributed by atoms with E-state index in [4.69, 9.17) is 0 Å². The maximum atomic E-state index is 2.48. The predicted octanol–water partition coefficient (Wildman–Crippen LogP) is 17.5. The Hall–Kier alpha value is -8.86. The van der Waals surface area contributed by atoms with E-state index in [2.05, 4.69) is 286 Å². The van der Waals surface area contributed by atoms with Gasteiger partial charge in [-0.25, -0.2) is 0 Å². The van der Waals surface area contributed by atoms with Crippen molar-refractivity contribution in [3.05, 3.63) is 267 Å². The van der Waals surface area contributed by atoms with E-state index in [1.807, 2.05) is 0 Å². The first-order valence-corrected chi connectivity index (χ1v) is 22.5. The molecule has 0 unspecified atom stereocenters. The summed E-state index contributed by atoms with van der Waals surface area (Å²) in [5.41, 5.74) is 13.2. The smallest absolute Gasteiger partial charge is 0.0620 e. The summed E-state index contributed by atoms with van der Waals surface area (Å²) in [7, 11) is 0. The van der Waals surface area contributed by atoms with Crippen LogP contribution >= 0.6 is 0 Å². The van der Waals surface area contributed by atoms with Gasteiger partial charge in [0, 0.05) is 77.8 Å². The maximum absolute atomic E-state index is 2.48. The van der Waals surface area contributed by atoms with E-state index in [1.54, 1.807) is 0 Å². The van der Waals surface area contributed by atoms with E-state index in [0.717, 1.165) is 83.9 Å². The molecule has 12 aromatic rings. The van der Waals surface area contributed by atoms with Gasteiger partial charge in [-0.1, -0.05) is 158 Å². The third-order valence-electron chi connectivity index (χ3n) is 12.7. The molecule has 1 heterocycles. The Bertz CT molecular complexity index is 3550. The molecule has 0 N–H and O–H groups in total. The number of hydrogen-bond donors (Lipinski definition) is 0. The Labute approximate surface area is 384 Å². The summed E-state index contributed by atoms with van der Waals surface area (Å²) in [5.74, 6) is 0. The van der Waals surface area contributed by atoms with Crippen LogP contribution in [0.1, 0.15) is 0 Å². The minimum absolute atomic E-state index is 1.06. The average Bonchev–Trinajstić information content (AvgIpc) is 3.73. The van der Waals surface area contributed by atoms with E-state index >= 15 is 0 Å². The number of fused-ring (bicyclic) bond motifs is 5. The fourth-order valence-electron chi connectivity index (χ4n) is 9.84. The molecule has 0 saturated carbocycles. The average molecular weight is 845 g/mol. The normalized spacial score (nSPS) is 11.3. The topological polar surface area (TPSA) is 14.7 Å². The van der Waals surface area contributed by atoms with Crippen LogP contribution in [0.4, 0.5) is 51.2 Å². The Morgan fingerprint density at radius 1 is 0.212 bits per heavy atom. The molecule has 0 radical (unpaired) electrons. The van der Waals surface area contributed by atoms with Crippen LogP contribution in [0.15, 0.2) is 267 Å². The van der Waals surface area contributed by atoms with Gasteiger partial charge in [-0.05, 0) is 109 Å². The van der Waals surface area contributed by atoms with Crippen LogP contribution in [0.5, 0.6) is 0 Å². The highest BCUT2D eigenvalue weighted by Gasteiger charge is 2.27. The molecule has 4 nitrogen and oxygen atoms in total. The van der Waals surface area contributed by atoms with Crippen LogP contribution in [0.2, 0.25) is 0 Å². The van der Waals surface area contributed by atoms with Crippen molar-refractivity contribution >= 4 is 94.5 Å². The van der Waals surface area contributed by atoms with E-state index in [0.29, 0.717) is 0 Å². The summed E-state index contributed by atoms with van der Waals surface area (Å²) in [6.45, 7) is 0. The molecule has 0 aliphatic carbocycles. The number of hydrogen-bond acceptors (Lipinski definition) is 3. The second-order valence-electron chi connectivity index (χ2n) is 16.5. The van der Waals surface area contributed by atoms with Crippen molar-refractivity contribution in [2.24, 2.45) is 0 Å². The van der Waals surface area contributed by atoms with Crippen molar-refractivity contribution in [3.63, 3.8) is 0 Å². The standard InChI is InChI=1S/C62H44N4/c1-7-23-45(24-8-1)63(46-25-9-2-10-26-46)51-39-41-56-58(44-51)62(64(47-27-11-3-12-28-47)48-29-13-4-14-30-48)55-37-20-19-36-54(55)61(56)65(49-31-15-5-16-32-49)52-40-42-60-57(43-52)53-35-21-22-38-59(53)66(60)50-33-17-6-18-34-50/h1-44H. The quantitative estimate of drug-likeness (QED) is 0.101. The summed E-state index contributed by atoms with van der Waals surface area (Å²) >= 11 is 0. The molecule has 0 amide bonds.